The molecule has 0 aliphatic carbocycles. The van der Waals surface area contributed by atoms with Gasteiger partial charge in [-0.1, -0.05) is 20.8 Å². The zero-order valence-electron chi connectivity index (χ0n) is 26.1. The second kappa shape index (κ2) is 12.2. The van der Waals surface area contributed by atoms with E-state index in [0.29, 0.717) is 0 Å². The molecule has 0 atom stereocenters. The second-order valence-corrected chi connectivity index (χ2v) is 11.2. The van der Waals surface area contributed by atoms with E-state index in [0.717, 1.165) is 81.6 Å². The smallest absolute Gasteiger partial charge is 0.137 e. The first-order valence-electron chi connectivity index (χ1n) is 14.9. The predicted octanol–water partition coefficient (Wildman–Crippen LogP) is 4.95. The Bertz CT molecular complexity index is 1300. The maximum Gasteiger partial charge on any atom is 0.137 e. The molecule has 0 aromatic rings. The maximum atomic E-state index is 5.35. The van der Waals surface area contributed by atoms with Crippen LogP contribution in [0, 0.1) is 0 Å². The SMILES string of the molecule is CCCN1CC(C)=C(C)C2=C1N1CN(OC)C=C1C=N2.CCCN1CC(C)=C(CC)C2=C1N1CN(OC)C=C1C=N2. The summed E-state index contributed by atoms with van der Waals surface area (Å²) in [6, 6.07) is 0. The van der Waals surface area contributed by atoms with E-state index in [-0.39, 0.29) is 0 Å². The third kappa shape index (κ3) is 5.30. The first kappa shape index (κ1) is 29.0. The van der Waals surface area contributed by atoms with Gasteiger partial charge in [0.2, 0.25) is 0 Å². The van der Waals surface area contributed by atoms with Crippen LogP contribution in [-0.4, -0.2) is 95.9 Å². The molecule has 6 heterocycles. The highest BCUT2D eigenvalue weighted by Crippen LogP contribution is 2.38. The monoisotopic (exact) mass is 562 g/mol. The van der Waals surface area contributed by atoms with Crippen LogP contribution in [0.25, 0.3) is 0 Å². The highest BCUT2D eigenvalue weighted by molar-refractivity contribution is 5.83. The lowest BCUT2D eigenvalue weighted by atomic mass is 9.98. The first-order chi connectivity index (χ1) is 19.8. The van der Waals surface area contributed by atoms with Crippen molar-refractivity contribution in [3.8, 4) is 0 Å². The van der Waals surface area contributed by atoms with Crippen LogP contribution in [0.15, 0.2) is 79.1 Å². The molecule has 6 aliphatic heterocycles. The molecule has 0 radical (unpaired) electrons. The average molecular weight is 563 g/mol. The van der Waals surface area contributed by atoms with Crippen molar-refractivity contribution in [2.24, 2.45) is 9.98 Å². The van der Waals surface area contributed by atoms with E-state index in [4.69, 9.17) is 14.7 Å². The summed E-state index contributed by atoms with van der Waals surface area (Å²) in [5, 5.41) is 3.68. The molecular weight excluding hydrogens is 516 g/mol. The van der Waals surface area contributed by atoms with Crippen LogP contribution in [0.3, 0.4) is 0 Å². The third-order valence-corrected chi connectivity index (χ3v) is 8.39. The van der Waals surface area contributed by atoms with Crippen molar-refractivity contribution in [2.75, 3.05) is 53.7 Å². The quantitative estimate of drug-likeness (QED) is 0.432. The lowest BCUT2D eigenvalue weighted by molar-refractivity contribution is -0.0971. The standard InChI is InChI=1S/C16H24N4O.C15H22N4O/c1-5-7-18-9-12(3)14(6-2)15-16(18)20-11-19(21-4)10-13(20)8-17-15;1-5-6-17-8-11(2)12(3)14-15(17)19-10-18(20-4)9-13(19)7-16-14/h8,10H,5-7,9,11H2,1-4H3;7,9H,5-6,8,10H2,1-4H3. The molecule has 0 bridgehead atoms. The maximum absolute atomic E-state index is 5.35. The highest BCUT2D eigenvalue weighted by Gasteiger charge is 2.36. The van der Waals surface area contributed by atoms with E-state index < -0.39 is 0 Å². The minimum atomic E-state index is 0.725. The van der Waals surface area contributed by atoms with Gasteiger partial charge in [-0.25, -0.2) is 10.1 Å². The molecule has 0 saturated carbocycles. The molecule has 222 valence electrons. The molecule has 41 heavy (non-hydrogen) atoms. The van der Waals surface area contributed by atoms with Crippen LogP contribution in [0.4, 0.5) is 0 Å². The molecule has 0 N–H and O–H groups in total. The zero-order valence-corrected chi connectivity index (χ0v) is 26.1. The summed E-state index contributed by atoms with van der Waals surface area (Å²) in [7, 11) is 3.40. The zero-order chi connectivity index (χ0) is 29.3. The molecule has 0 aromatic heterocycles. The van der Waals surface area contributed by atoms with Gasteiger partial charge in [0.15, 0.2) is 0 Å². The number of nitrogens with zero attached hydrogens (tertiary/aromatic N) is 8. The van der Waals surface area contributed by atoms with Gasteiger partial charge in [0.25, 0.3) is 0 Å². The van der Waals surface area contributed by atoms with Crippen molar-refractivity contribution in [1.82, 2.24) is 29.7 Å². The summed E-state index contributed by atoms with van der Waals surface area (Å²) in [6.45, 7) is 18.8. The number of allylic oxidation sites excluding steroid dienone is 4. The molecule has 6 rings (SSSR count). The normalized spacial score (nSPS) is 21.4. The average Bonchev–Trinajstić information content (AvgIpc) is 3.60. The summed E-state index contributed by atoms with van der Waals surface area (Å²) in [4.78, 5) is 29.6. The van der Waals surface area contributed by atoms with Crippen LogP contribution < -0.4 is 0 Å². The minimum absolute atomic E-state index is 0.725. The first-order valence-corrected chi connectivity index (χ1v) is 14.9. The Morgan fingerprint density at radius 1 is 0.707 bits per heavy atom. The van der Waals surface area contributed by atoms with Crippen molar-refractivity contribution in [3.05, 3.63) is 69.1 Å². The van der Waals surface area contributed by atoms with Gasteiger partial charge in [0.1, 0.15) is 36.4 Å². The topological polar surface area (TPSA) is 62.6 Å². The molecule has 0 saturated heterocycles. The van der Waals surface area contributed by atoms with Crippen LogP contribution in [-0.2, 0) is 9.68 Å². The summed E-state index contributed by atoms with van der Waals surface area (Å²) in [5.74, 6) is 2.47. The third-order valence-electron chi connectivity index (χ3n) is 8.39. The Morgan fingerprint density at radius 3 is 1.68 bits per heavy atom. The Balaban J connectivity index is 0.000000165. The van der Waals surface area contributed by atoms with Crippen LogP contribution in [0.1, 0.15) is 60.8 Å². The van der Waals surface area contributed by atoms with Crippen LogP contribution in [0.5, 0.6) is 0 Å². The Morgan fingerprint density at radius 2 is 1.20 bits per heavy atom. The molecule has 10 heteroatoms. The van der Waals surface area contributed by atoms with Gasteiger partial charge in [-0.2, -0.15) is 0 Å². The van der Waals surface area contributed by atoms with Crippen LogP contribution >= 0.6 is 0 Å². The fraction of sp³-hybridized carbons (Fsp3) is 0.548. The lowest BCUT2D eigenvalue weighted by Crippen LogP contribution is -2.42. The number of hydrogen-bond donors (Lipinski definition) is 0. The van der Waals surface area contributed by atoms with Gasteiger partial charge < -0.3 is 19.6 Å². The van der Waals surface area contributed by atoms with Crippen molar-refractivity contribution in [1.29, 1.82) is 0 Å². The molecule has 0 aromatic carbocycles. The van der Waals surface area contributed by atoms with E-state index in [1.54, 1.807) is 14.2 Å². The summed E-state index contributed by atoms with van der Waals surface area (Å²) < 4.78 is 0. The van der Waals surface area contributed by atoms with Gasteiger partial charge in [0, 0.05) is 26.2 Å². The lowest BCUT2D eigenvalue weighted by Gasteiger charge is -2.40. The predicted molar refractivity (Wildman–Crippen MR) is 163 cm³/mol. The van der Waals surface area contributed by atoms with Crippen LogP contribution in [0.2, 0.25) is 0 Å². The Labute approximate surface area is 245 Å². The number of aliphatic imine (C=N–C) groups is 2. The van der Waals surface area contributed by atoms with Crippen molar-refractivity contribution in [3.63, 3.8) is 0 Å². The minimum Gasteiger partial charge on any atom is -0.352 e. The largest absolute Gasteiger partial charge is 0.352 e. The van der Waals surface area contributed by atoms with Crippen molar-refractivity contribution in [2.45, 2.75) is 60.8 Å². The van der Waals surface area contributed by atoms with E-state index in [1.165, 1.54) is 33.9 Å². The summed E-state index contributed by atoms with van der Waals surface area (Å²) >= 11 is 0. The van der Waals surface area contributed by atoms with Gasteiger partial charge in [0.05, 0.1) is 50.4 Å². The molecule has 10 nitrogen and oxygen atoms in total. The van der Waals surface area contributed by atoms with Gasteiger partial charge in [-0.3, -0.25) is 19.7 Å². The molecule has 0 amide bonds. The molecule has 6 aliphatic rings. The summed E-state index contributed by atoms with van der Waals surface area (Å²) in [5.41, 5.74) is 10.00. The molecule has 0 spiro atoms. The van der Waals surface area contributed by atoms with E-state index in [1.807, 2.05) is 35.0 Å². The van der Waals surface area contributed by atoms with E-state index in [9.17, 15) is 0 Å². The fourth-order valence-corrected chi connectivity index (χ4v) is 6.23. The Kier molecular flexibility index (Phi) is 8.60. The van der Waals surface area contributed by atoms with Gasteiger partial charge in [-0.05, 0) is 62.3 Å². The molecular formula is C31H46N8O2. The highest BCUT2D eigenvalue weighted by atomic mass is 16.7. The van der Waals surface area contributed by atoms with Crippen molar-refractivity contribution >= 4 is 12.4 Å². The molecule has 0 fully saturated rings. The van der Waals surface area contributed by atoms with Gasteiger partial charge >= 0.3 is 0 Å². The van der Waals surface area contributed by atoms with E-state index in [2.05, 4.69) is 66.1 Å². The number of hydrogen-bond acceptors (Lipinski definition) is 10. The molecule has 0 unspecified atom stereocenters. The Hall–Kier alpha value is -3.50. The van der Waals surface area contributed by atoms with E-state index >= 15 is 0 Å². The fourth-order valence-electron chi connectivity index (χ4n) is 6.23. The number of rotatable bonds is 7. The number of fused-ring (bicyclic) bond motifs is 4. The van der Waals surface area contributed by atoms with Gasteiger partial charge in [-0.15, -0.1) is 0 Å². The number of hydroxylamine groups is 4. The van der Waals surface area contributed by atoms with Crippen molar-refractivity contribution < 1.29 is 9.68 Å². The summed E-state index contributed by atoms with van der Waals surface area (Å²) in [6.07, 6.45) is 11.2. The second-order valence-electron chi connectivity index (χ2n) is 11.2.